The van der Waals surface area contributed by atoms with Gasteiger partial charge in [0, 0.05) is 24.0 Å². The summed E-state index contributed by atoms with van der Waals surface area (Å²) in [6.45, 7) is 3.49. The van der Waals surface area contributed by atoms with E-state index in [0.717, 1.165) is 31.7 Å². The molecule has 1 aliphatic heterocycles. The summed E-state index contributed by atoms with van der Waals surface area (Å²) in [6, 6.07) is 14.5. The highest BCUT2D eigenvalue weighted by Gasteiger charge is 2.41. The number of likely N-dealkylation sites (N-methyl/N-ethyl adjacent to an activating group) is 1. The minimum atomic E-state index is -4.60. The molecule has 0 aromatic heterocycles. The number of nitrogens with one attached hydrogen (secondary N) is 1. The zero-order valence-corrected chi connectivity index (χ0v) is 27.7. The number of hydrogen-bond donors (Lipinski definition) is 1. The summed E-state index contributed by atoms with van der Waals surface area (Å²) < 4.78 is 56.1. The fourth-order valence-corrected chi connectivity index (χ4v) is 7.10. The molecule has 3 aromatic rings. The second-order valence-electron chi connectivity index (χ2n) is 13.2. The first-order valence-electron chi connectivity index (χ1n) is 16.4. The van der Waals surface area contributed by atoms with Gasteiger partial charge in [-0.1, -0.05) is 43.2 Å². The number of hydrogen-bond acceptors (Lipinski definition) is 4. The van der Waals surface area contributed by atoms with Gasteiger partial charge in [0.05, 0.1) is 29.6 Å². The van der Waals surface area contributed by atoms with E-state index in [9.17, 15) is 27.6 Å². The highest BCUT2D eigenvalue weighted by molar-refractivity contribution is 5.98. The number of rotatable bonds is 8. The van der Waals surface area contributed by atoms with Crippen LogP contribution in [0.1, 0.15) is 77.2 Å². The first-order chi connectivity index (χ1) is 22.8. The number of aryl methyl sites for hydroxylation is 2. The summed E-state index contributed by atoms with van der Waals surface area (Å²) in [5.74, 6) is -2.67. The minimum absolute atomic E-state index is 0.00738. The van der Waals surface area contributed by atoms with Crippen molar-refractivity contribution in [2.24, 2.45) is 5.92 Å². The molecule has 1 heterocycles. The Balaban J connectivity index is 1.53. The standard InChI is InChI=1S/C37H42F4N4O3/c1-23-14-17-26(21-30(23)37(39,40)41)42-35(47)29-12-8-20-44(36(48)33-24(2)9-7-13-31(33)38)34(29)25-15-18-28(19-16-25)45(27-10-5-6-11-27)32(46)22-43(3)4/h7,9,13-19,21,27,29,34H,5-6,8,10-12,20,22H2,1-4H3,(H,42,47)/t29-,34-/m0/s1. The third kappa shape index (κ3) is 7.56. The van der Waals surface area contributed by atoms with Crippen LogP contribution in [0.15, 0.2) is 60.7 Å². The molecule has 5 rings (SSSR count). The van der Waals surface area contributed by atoms with E-state index < -0.39 is 41.3 Å². The van der Waals surface area contributed by atoms with Crippen LogP contribution in [0, 0.1) is 25.6 Å². The molecule has 256 valence electrons. The molecule has 3 aromatic carbocycles. The number of benzene rings is 3. The molecule has 2 atom stereocenters. The Morgan fingerprint density at radius 1 is 0.896 bits per heavy atom. The fraction of sp³-hybridized carbons (Fsp3) is 0.432. The molecule has 11 heteroatoms. The van der Waals surface area contributed by atoms with Gasteiger partial charge in [-0.25, -0.2) is 4.39 Å². The third-order valence-corrected chi connectivity index (χ3v) is 9.40. The molecule has 48 heavy (non-hydrogen) atoms. The Hall–Kier alpha value is -4.25. The van der Waals surface area contributed by atoms with Gasteiger partial charge >= 0.3 is 6.18 Å². The van der Waals surface area contributed by atoms with Crippen LogP contribution in [0.25, 0.3) is 0 Å². The zero-order chi connectivity index (χ0) is 34.7. The number of carbonyl (C=O) groups is 3. The largest absolute Gasteiger partial charge is 0.416 e. The zero-order valence-electron chi connectivity index (χ0n) is 27.7. The number of anilines is 2. The monoisotopic (exact) mass is 666 g/mol. The summed E-state index contributed by atoms with van der Waals surface area (Å²) in [4.78, 5) is 46.5. The van der Waals surface area contributed by atoms with Crippen LogP contribution >= 0.6 is 0 Å². The molecular weight excluding hydrogens is 624 g/mol. The SMILES string of the molecule is Cc1ccc(NC(=O)[C@H]2CCCN(C(=O)c3c(C)cccc3F)[C@H]2c2ccc(N(C(=O)CN(C)C)C3CCCC3)cc2)cc1C(F)(F)F. The third-order valence-electron chi connectivity index (χ3n) is 9.40. The van der Waals surface area contributed by atoms with Crippen molar-refractivity contribution in [3.8, 4) is 0 Å². The highest BCUT2D eigenvalue weighted by Crippen LogP contribution is 2.40. The molecule has 7 nitrogen and oxygen atoms in total. The van der Waals surface area contributed by atoms with Gasteiger partial charge in [0.15, 0.2) is 0 Å². The lowest BCUT2D eigenvalue weighted by Crippen LogP contribution is -2.47. The van der Waals surface area contributed by atoms with Crippen LogP contribution in [0.2, 0.25) is 0 Å². The number of nitrogens with zero attached hydrogens (tertiary/aromatic N) is 3. The number of piperidine rings is 1. The van der Waals surface area contributed by atoms with Crippen LogP contribution in [-0.4, -0.2) is 60.7 Å². The number of amides is 3. The van der Waals surface area contributed by atoms with Crippen LogP contribution in [-0.2, 0) is 15.8 Å². The van der Waals surface area contributed by atoms with Crippen molar-refractivity contribution in [2.45, 2.75) is 70.6 Å². The van der Waals surface area contributed by atoms with E-state index in [2.05, 4.69) is 5.32 Å². The number of alkyl halides is 3. The van der Waals surface area contributed by atoms with Gasteiger partial charge in [0.1, 0.15) is 5.82 Å². The van der Waals surface area contributed by atoms with Crippen molar-refractivity contribution in [1.29, 1.82) is 0 Å². The number of carbonyl (C=O) groups excluding carboxylic acids is 3. The average Bonchev–Trinajstić information content (AvgIpc) is 3.55. The van der Waals surface area contributed by atoms with E-state index >= 15 is 4.39 Å². The molecule has 1 aliphatic carbocycles. The van der Waals surface area contributed by atoms with Crippen molar-refractivity contribution < 1.29 is 31.9 Å². The van der Waals surface area contributed by atoms with Gasteiger partial charge in [-0.15, -0.1) is 0 Å². The lowest BCUT2D eigenvalue weighted by Gasteiger charge is -2.41. The van der Waals surface area contributed by atoms with Crippen LogP contribution < -0.4 is 10.2 Å². The lowest BCUT2D eigenvalue weighted by molar-refractivity contribution is -0.138. The summed E-state index contributed by atoms with van der Waals surface area (Å²) in [6.07, 6.45) is 0.0436. The van der Waals surface area contributed by atoms with Gasteiger partial charge in [-0.2, -0.15) is 13.2 Å². The molecule has 1 N–H and O–H groups in total. The molecule has 2 aliphatic rings. The van der Waals surface area contributed by atoms with Crippen LogP contribution in [0.3, 0.4) is 0 Å². The first-order valence-corrected chi connectivity index (χ1v) is 16.4. The average molecular weight is 667 g/mol. The Kier molecular flexibility index (Phi) is 10.6. The Labute approximate surface area is 278 Å². The molecule has 0 unspecified atom stereocenters. The van der Waals surface area contributed by atoms with Crippen LogP contribution in [0.4, 0.5) is 28.9 Å². The van der Waals surface area contributed by atoms with Crippen molar-refractivity contribution in [1.82, 2.24) is 9.80 Å². The Morgan fingerprint density at radius 3 is 2.21 bits per heavy atom. The van der Waals surface area contributed by atoms with Gasteiger partial charge in [0.25, 0.3) is 5.91 Å². The Morgan fingerprint density at radius 2 is 1.58 bits per heavy atom. The maximum absolute atomic E-state index is 15.1. The summed E-state index contributed by atoms with van der Waals surface area (Å²) in [7, 11) is 3.68. The van der Waals surface area contributed by atoms with Gasteiger partial charge in [-0.05, 0) is 101 Å². The molecular formula is C37H42F4N4O3. The van der Waals surface area contributed by atoms with Gasteiger partial charge in [0.2, 0.25) is 11.8 Å². The minimum Gasteiger partial charge on any atom is -0.331 e. The van der Waals surface area contributed by atoms with E-state index in [-0.39, 0.29) is 41.9 Å². The predicted octanol–water partition coefficient (Wildman–Crippen LogP) is 7.53. The van der Waals surface area contributed by atoms with Gasteiger partial charge in [-0.3, -0.25) is 14.4 Å². The van der Waals surface area contributed by atoms with E-state index in [1.54, 1.807) is 25.1 Å². The maximum Gasteiger partial charge on any atom is 0.416 e. The molecule has 1 saturated carbocycles. The van der Waals surface area contributed by atoms with Crippen molar-refractivity contribution in [2.75, 3.05) is 37.4 Å². The van der Waals surface area contributed by atoms with E-state index in [4.69, 9.17) is 0 Å². The van der Waals surface area contributed by atoms with Crippen molar-refractivity contribution in [3.63, 3.8) is 0 Å². The first kappa shape index (κ1) is 35.1. The molecule has 3 amide bonds. The second-order valence-corrected chi connectivity index (χ2v) is 13.2. The molecule has 1 saturated heterocycles. The van der Waals surface area contributed by atoms with Crippen molar-refractivity contribution in [3.05, 3.63) is 94.3 Å². The molecule has 0 spiro atoms. The summed E-state index contributed by atoms with van der Waals surface area (Å²) in [5.41, 5.74) is 0.847. The van der Waals surface area contributed by atoms with E-state index in [1.165, 1.54) is 36.1 Å². The normalized spacial score (nSPS) is 18.6. The quantitative estimate of drug-likeness (QED) is 0.253. The number of likely N-dealkylation sites (tertiary alicyclic amines) is 1. The smallest absolute Gasteiger partial charge is 0.331 e. The van der Waals surface area contributed by atoms with Crippen LogP contribution in [0.5, 0.6) is 0 Å². The number of halogens is 4. The maximum atomic E-state index is 15.1. The molecule has 2 fully saturated rings. The lowest BCUT2D eigenvalue weighted by atomic mass is 9.83. The molecule has 0 radical (unpaired) electrons. The highest BCUT2D eigenvalue weighted by atomic mass is 19.4. The summed E-state index contributed by atoms with van der Waals surface area (Å²) >= 11 is 0. The topological polar surface area (TPSA) is 73.0 Å². The fourth-order valence-electron chi connectivity index (χ4n) is 7.10. The predicted molar refractivity (Wildman–Crippen MR) is 177 cm³/mol. The summed E-state index contributed by atoms with van der Waals surface area (Å²) in [5, 5.41) is 2.66. The molecule has 0 bridgehead atoms. The second kappa shape index (κ2) is 14.5. The van der Waals surface area contributed by atoms with E-state index in [0.29, 0.717) is 29.7 Å². The van der Waals surface area contributed by atoms with E-state index in [1.807, 2.05) is 36.0 Å². The van der Waals surface area contributed by atoms with Crippen molar-refractivity contribution >= 4 is 29.1 Å². The Bertz CT molecular complexity index is 1630. The van der Waals surface area contributed by atoms with Gasteiger partial charge < -0.3 is 20.0 Å².